The molecule has 0 saturated carbocycles. The highest BCUT2D eigenvalue weighted by atomic mass is 35.5. The Bertz CT molecular complexity index is 87.1. The summed E-state index contributed by atoms with van der Waals surface area (Å²) in [6.45, 7) is 1.40. The van der Waals surface area contributed by atoms with Gasteiger partial charge in [-0.25, -0.2) is 0 Å². The lowest BCUT2D eigenvalue weighted by Crippen LogP contribution is -2.09. The average Bonchev–Trinajstić information content (AvgIpc) is 1.63. The summed E-state index contributed by atoms with van der Waals surface area (Å²) in [4.78, 5) is 0. The minimum absolute atomic E-state index is 1.32. The molecule has 1 unspecified atom stereocenters. The third-order valence-corrected chi connectivity index (χ3v) is 1.68. The number of hydrogen-bond donors (Lipinski definition) is 1. The largest absolute Gasteiger partial charge is 0.361 e. The van der Waals surface area contributed by atoms with E-state index in [1.807, 2.05) is 0 Å². The van der Waals surface area contributed by atoms with E-state index in [4.69, 9.17) is 28.3 Å². The van der Waals surface area contributed by atoms with Gasteiger partial charge in [0.2, 0.25) is 5.79 Å². The molecule has 42 valence electrons. The van der Waals surface area contributed by atoms with Crippen LogP contribution >= 0.6 is 23.2 Å². The fraction of sp³-hybridized carbons (Fsp3) is 1.00. The molecule has 1 N–H and O–H groups in total. The van der Waals surface area contributed by atoms with Crippen molar-refractivity contribution in [1.29, 1.82) is 0 Å². The molecule has 1 saturated heterocycles. The third-order valence-electron chi connectivity index (χ3n) is 0.825. The van der Waals surface area contributed by atoms with E-state index in [1.54, 1.807) is 0 Å². The van der Waals surface area contributed by atoms with Crippen molar-refractivity contribution in [2.75, 3.05) is 0 Å². The number of halogens is 2. The van der Waals surface area contributed by atoms with Crippen LogP contribution in [0.3, 0.4) is 0 Å². The maximum Gasteiger partial charge on any atom is 0.275 e. The average molecular weight is 143 g/mol. The van der Waals surface area contributed by atoms with Gasteiger partial charge in [-0.05, 0) is 6.92 Å². The van der Waals surface area contributed by atoms with Gasteiger partial charge in [-0.2, -0.15) is 0 Å². The first kappa shape index (κ1) is 5.63. The number of alkyl halides is 2. The van der Waals surface area contributed by atoms with Gasteiger partial charge in [-0.1, -0.05) is 23.2 Å². The summed E-state index contributed by atoms with van der Waals surface area (Å²) in [5.41, 5.74) is 0. The Balaban J connectivity index is 2.59. The van der Waals surface area contributed by atoms with Gasteiger partial charge in [0.25, 0.3) is 4.52 Å². The lowest BCUT2D eigenvalue weighted by Gasteiger charge is -1.89. The molecule has 1 atom stereocenters. The normalized spacial score (nSPS) is 46.3. The molecule has 0 aliphatic carbocycles. The number of hydrogen-bond acceptors (Lipinski definition) is 2. The molecular formula is C3H4Cl2O2. The summed E-state index contributed by atoms with van der Waals surface area (Å²) in [6.07, 6.45) is 0. The van der Waals surface area contributed by atoms with E-state index in [1.165, 1.54) is 6.92 Å². The van der Waals surface area contributed by atoms with E-state index in [0.717, 1.165) is 0 Å². The highest BCUT2D eigenvalue weighted by Gasteiger charge is 2.65. The predicted molar refractivity (Wildman–Crippen MR) is 26.1 cm³/mol. The van der Waals surface area contributed by atoms with E-state index in [9.17, 15) is 0 Å². The van der Waals surface area contributed by atoms with E-state index >= 15 is 0 Å². The molecule has 0 aromatic rings. The standard InChI is InChI=1S/C3H4Cl2O2/c1-2(6)3(4,5)7-2/h6H,1H3. The molecule has 0 spiro atoms. The van der Waals surface area contributed by atoms with Crippen LogP contribution in [0.5, 0.6) is 0 Å². The molecule has 0 radical (unpaired) electrons. The number of epoxide rings is 1. The molecule has 2 nitrogen and oxygen atoms in total. The van der Waals surface area contributed by atoms with Crippen LogP contribution in [-0.2, 0) is 4.74 Å². The van der Waals surface area contributed by atoms with E-state index in [-0.39, 0.29) is 0 Å². The summed E-state index contributed by atoms with van der Waals surface area (Å²) in [7, 11) is 0. The Morgan fingerprint density at radius 2 is 1.71 bits per heavy atom. The molecule has 0 amide bonds. The molecule has 1 rings (SSSR count). The van der Waals surface area contributed by atoms with E-state index in [2.05, 4.69) is 4.74 Å². The Labute approximate surface area is 51.0 Å². The van der Waals surface area contributed by atoms with Gasteiger partial charge in [0.15, 0.2) is 0 Å². The number of rotatable bonds is 0. The second-order valence-electron chi connectivity index (χ2n) is 1.60. The number of ether oxygens (including phenoxy) is 1. The second-order valence-corrected chi connectivity index (χ2v) is 2.86. The van der Waals surface area contributed by atoms with Crippen LogP contribution in [0.15, 0.2) is 0 Å². The van der Waals surface area contributed by atoms with Crippen LogP contribution in [0.1, 0.15) is 6.92 Å². The van der Waals surface area contributed by atoms with Crippen LogP contribution in [-0.4, -0.2) is 15.4 Å². The molecule has 0 aromatic carbocycles. The van der Waals surface area contributed by atoms with Crippen molar-refractivity contribution in [2.24, 2.45) is 0 Å². The third kappa shape index (κ3) is 0.722. The summed E-state index contributed by atoms with van der Waals surface area (Å²) in [5, 5.41) is 8.67. The van der Waals surface area contributed by atoms with Crippen molar-refractivity contribution in [3.63, 3.8) is 0 Å². The summed E-state index contributed by atoms with van der Waals surface area (Å²) in [6, 6.07) is 0. The van der Waals surface area contributed by atoms with Crippen molar-refractivity contribution < 1.29 is 9.84 Å². The van der Waals surface area contributed by atoms with Crippen molar-refractivity contribution in [3.8, 4) is 0 Å². The maximum atomic E-state index is 8.67. The number of aliphatic hydroxyl groups is 1. The molecular weight excluding hydrogens is 139 g/mol. The lowest BCUT2D eigenvalue weighted by atomic mass is 10.5. The first-order valence-corrected chi connectivity index (χ1v) is 2.52. The van der Waals surface area contributed by atoms with Crippen LogP contribution in [0, 0.1) is 0 Å². The Morgan fingerprint density at radius 3 is 1.71 bits per heavy atom. The first-order chi connectivity index (χ1) is 2.96. The maximum absolute atomic E-state index is 8.67. The highest BCUT2D eigenvalue weighted by Crippen LogP contribution is 2.52. The minimum atomic E-state index is -1.35. The molecule has 7 heavy (non-hydrogen) atoms. The van der Waals surface area contributed by atoms with Crippen LogP contribution in [0.25, 0.3) is 0 Å². The highest BCUT2D eigenvalue weighted by molar-refractivity contribution is 6.49. The molecule has 1 fully saturated rings. The Hall–Kier alpha value is 0.500. The van der Waals surface area contributed by atoms with Crippen LogP contribution < -0.4 is 0 Å². The van der Waals surface area contributed by atoms with E-state index in [0.29, 0.717) is 0 Å². The topological polar surface area (TPSA) is 32.8 Å². The van der Waals surface area contributed by atoms with Gasteiger partial charge >= 0.3 is 0 Å². The van der Waals surface area contributed by atoms with Gasteiger partial charge in [-0.3, -0.25) is 0 Å². The van der Waals surface area contributed by atoms with Crippen molar-refractivity contribution >= 4 is 23.2 Å². The smallest absolute Gasteiger partial charge is 0.275 e. The first-order valence-electron chi connectivity index (χ1n) is 1.76. The van der Waals surface area contributed by atoms with Crippen molar-refractivity contribution in [1.82, 2.24) is 0 Å². The minimum Gasteiger partial charge on any atom is -0.361 e. The van der Waals surface area contributed by atoms with Gasteiger partial charge in [0, 0.05) is 0 Å². The van der Waals surface area contributed by atoms with Gasteiger partial charge in [-0.15, -0.1) is 0 Å². The molecule has 0 bridgehead atoms. The van der Waals surface area contributed by atoms with Gasteiger partial charge in [0.1, 0.15) is 0 Å². The fourth-order valence-electron chi connectivity index (χ4n) is 0.224. The molecule has 1 aliphatic heterocycles. The second kappa shape index (κ2) is 1.08. The zero-order valence-corrected chi connectivity index (χ0v) is 5.12. The Morgan fingerprint density at radius 1 is 1.57 bits per heavy atom. The summed E-state index contributed by atoms with van der Waals surface area (Å²) >= 11 is 10.5. The summed E-state index contributed by atoms with van der Waals surface area (Å²) in [5.74, 6) is -1.32. The van der Waals surface area contributed by atoms with Crippen molar-refractivity contribution in [2.45, 2.75) is 17.2 Å². The monoisotopic (exact) mass is 142 g/mol. The van der Waals surface area contributed by atoms with E-state index < -0.39 is 10.3 Å². The van der Waals surface area contributed by atoms with Crippen LogP contribution in [0.4, 0.5) is 0 Å². The molecule has 1 heterocycles. The fourth-order valence-corrected chi connectivity index (χ4v) is 0.525. The van der Waals surface area contributed by atoms with Crippen molar-refractivity contribution in [3.05, 3.63) is 0 Å². The van der Waals surface area contributed by atoms with Gasteiger partial charge in [0.05, 0.1) is 0 Å². The van der Waals surface area contributed by atoms with Gasteiger partial charge < -0.3 is 9.84 Å². The zero-order valence-electron chi connectivity index (χ0n) is 3.61. The SMILES string of the molecule is CC1(O)OC1(Cl)Cl. The molecule has 0 aromatic heterocycles. The molecule has 4 heteroatoms. The predicted octanol–water partition coefficient (Wildman–Crippen LogP) is 0.856. The quantitative estimate of drug-likeness (QED) is 0.402. The summed E-state index contributed by atoms with van der Waals surface area (Å²) < 4.78 is 3.02. The zero-order chi connectivity index (χ0) is 5.71. The Kier molecular flexibility index (Phi) is 0.868. The molecule has 1 aliphatic rings. The lowest BCUT2D eigenvalue weighted by molar-refractivity contribution is 0.0549. The van der Waals surface area contributed by atoms with Crippen LogP contribution in [0.2, 0.25) is 0 Å².